The lowest BCUT2D eigenvalue weighted by atomic mass is 9.50. The summed E-state index contributed by atoms with van der Waals surface area (Å²) in [6.07, 6.45) is 8.47. The fourth-order valence-electron chi connectivity index (χ4n) is 5.08. The molecule has 112 valence electrons. The molecule has 2 heteroatoms. The summed E-state index contributed by atoms with van der Waals surface area (Å²) < 4.78 is 0. The Bertz CT molecular complexity index is 291. The van der Waals surface area contributed by atoms with Gasteiger partial charge in [-0.2, -0.15) is 0 Å². The van der Waals surface area contributed by atoms with Gasteiger partial charge in [0.1, 0.15) is 0 Å². The topological polar surface area (TPSA) is 40.5 Å². The second kappa shape index (κ2) is 6.13. The van der Waals surface area contributed by atoms with Crippen LogP contribution in [-0.4, -0.2) is 22.4 Å². The van der Waals surface area contributed by atoms with Crippen molar-refractivity contribution in [3.05, 3.63) is 0 Å². The minimum Gasteiger partial charge on any atom is -0.393 e. The van der Waals surface area contributed by atoms with Crippen LogP contribution in [0.5, 0.6) is 0 Å². The van der Waals surface area contributed by atoms with Gasteiger partial charge in [0.2, 0.25) is 0 Å². The molecule has 2 nitrogen and oxygen atoms in total. The highest BCUT2D eigenvalue weighted by molar-refractivity contribution is 5.01. The summed E-state index contributed by atoms with van der Waals surface area (Å²) in [6, 6.07) is 0. The van der Waals surface area contributed by atoms with Crippen molar-refractivity contribution in [1.82, 2.24) is 0 Å². The maximum atomic E-state index is 10.6. The van der Waals surface area contributed by atoms with E-state index in [1.54, 1.807) is 0 Å². The van der Waals surface area contributed by atoms with Crippen LogP contribution in [-0.2, 0) is 0 Å². The lowest BCUT2D eigenvalue weighted by Gasteiger charge is -2.56. The molecule has 2 fully saturated rings. The largest absolute Gasteiger partial charge is 0.393 e. The zero-order chi connectivity index (χ0) is 14.0. The summed E-state index contributed by atoms with van der Waals surface area (Å²) in [7, 11) is 0. The standard InChI is InChI=1S/C17H32O2/c1-4-6-7-14-15(5-2)17(3)9-8-13(18)10-12(17)11-16(14)19/h12-16,18-19H,4-11H2,1-3H3/t12-,13+,14-,15-,16-,17-/m0/s1. The van der Waals surface area contributed by atoms with Gasteiger partial charge >= 0.3 is 0 Å². The Balaban J connectivity index is 2.17. The molecule has 2 rings (SSSR count). The Hall–Kier alpha value is -0.0800. The van der Waals surface area contributed by atoms with Gasteiger partial charge in [-0.3, -0.25) is 0 Å². The molecule has 0 spiro atoms. The molecule has 0 unspecified atom stereocenters. The van der Waals surface area contributed by atoms with E-state index in [-0.39, 0.29) is 12.2 Å². The van der Waals surface area contributed by atoms with Crippen molar-refractivity contribution in [3.63, 3.8) is 0 Å². The van der Waals surface area contributed by atoms with Gasteiger partial charge in [0.05, 0.1) is 12.2 Å². The average molecular weight is 268 g/mol. The lowest BCUT2D eigenvalue weighted by Crippen LogP contribution is -2.52. The Kier molecular flexibility index (Phi) is 4.94. The summed E-state index contributed by atoms with van der Waals surface area (Å²) >= 11 is 0. The second-order valence-electron chi connectivity index (χ2n) is 7.25. The summed E-state index contributed by atoms with van der Waals surface area (Å²) in [4.78, 5) is 0. The predicted molar refractivity (Wildman–Crippen MR) is 78.9 cm³/mol. The van der Waals surface area contributed by atoms with E-state index in [1.807, 2.05) is 0 Å². The number of aliphatic hydroxyl groups excluding tert-OH is 2. The Morgan fingerprint density at radius 3 is 2.53 bits per heavy atom. The zero-order valence-electron chi connectivity index (χ0n) is 12.9. The van der Waals surface area contributed by atoms with Crippen LogP contribution in [0.25, 0.3) is 0 Å². The van der Waals surface area contributed by atoms with E-state index in [1.165, 1.54) is 25.7 Å². The van der Waals surface area contributed by atoms with Crippen LogP contribution in [0.3, 0.4) is 0 Å². The molecule has 2 aliphatic rings. The van der Waals surface area contributed by atoms with Crippen LogP contribution in [0.1, 0.15) is 72.1 Å². The van der Waals surface area contributed by atoms with Gasteiger partial charge in [0.25, 0.3) is 0 Å². The highest BCUT2D eigenvalue weighted by Crippen LogP contribution is 2.57. The molecular formula is C17H32O2. The van der Waals surface area contributed by atoms with Gasteiger partial charge in [0.15, 0.2) is 0 Å². The number of fused-ring (bicyclic) bond motifs is 1. The van der Waals surface area contributed by atoms with Crippen LogP contribution in [0.4, 0.5) is 0 Å². The average Bonchev–Trinajstić information content (AvgIpc) is 2.38. The third-order valence-electron chi connectivity index (χ3n) is 6.22. The molecule has 0 amide bonds. The molecule has 0 heterocycles. The molecule has 0 radical (unpaired) electrons. The van der Waals surface area contributed by atoms with Gasteiger partial charge in [-0.25, -0.2) is 0 Å². The molecule has 2 N–H and O–H groups in total. The van der Waals surface area contributed by atoms with E-state index in [0.717, 1.165) is 25.7 Å². The minimum atomic E-state index is -0.139. The predicted octanol–water partition coefficient (Wildman–Crippen LogP) is 3.75. The van der Waals surface area contributed by atoms with E-state index >= 15 is 0 Å². The quantitative estimate of drug-likeness (QED) is 0.815. The van der Waals surface area contributed by atoms with E-state index in [9.17, 15) is 10.2 Å². The third-order valence-corrected chi connectivity index (χ3v) is 6.22. The maximum Gasteiger partial charge on any atom is 0.0574 e. The van der Waals surface area contributed by atoms with E-state index in [4.69, 9.17) is 0 Å². The van der Waals surface area contributed by atoms with Crippen LogP contribution < -0.4 is 0 Å². The molecule has 0 aromatic heterocycles. The number of unbranched alkanes of at least 4 members (excludes halogenated alkanes) is 1. The summed E-state index contributed by atoms with van der Waals surface area (Å²) in [5.74, 6) is 1.65. The monoisotopic (exact) mass is 268 g/mol. The normalized spacial score (nSPS) is 46.9. The molecule has 2 saturated carbocycles. The molecule has 0 aliphatic heterocycles. The van der Waals surface area contributed by atoms with Crippen LogP contribution in [0.15, 0.2) is 0 Å². The summed E-state index contributed by atoms with van der Waals surface area (Å²) in [5.41, 5.74) is 0.353. The first kappa shape index (κ1) is 15.3. The number of hydrogen-bond acceptors (Lipinski definition) is 2. The number of hydrogen-bond donors (Lipinski definition) is 2. The minimum absolute atomic E-state index is 0.130. The highest BCUT2D eigenvalue weighted by Gasteiger charge is 2.52. The van der Waals surface area contributed by atoms with Crippen molar-refractivity contribution < 1.29 is 10.2 Å². The number of aliphatic hydroxyl groups is 2. The van der Waals surface area contributed by atoms with Gasteiger partial charge in [-0.1, -0.05) is 40.0 Å². The third kappa shape index (κ3) is 2.85. The van der Waals surface area contributed by atoms with Crippen molar-refractivity contribution in [2.45, 2.75) is 84.3 Å². The van der Waals surface area contributed by atoms with Gasteiger partial charge in [0, 0.05) is 0 Å². The van der Waals surface area contributed by atoms with Crippen LogP contribution in [0.2, 0.25) is 0 Å². The molecule has 0 aromatic rings. The Labute approximate surface area is 118 Å². The first-order chi connectivity index (χ1) is 9.02. The molecule has 2 aliphatic carbocycles. The maximum absolute atomic E-state index is 10.6. The highest BCUT2D eigenvalue weighted by atomic mass is 16.3. The Morgan fingerprint density at radius 1 is 1.16 bits per heavy atom. The molecular weight excluding hydrogens is 236 g/mol. The van der Waals surface area contributed by atoms with E-state index < -0.39 is 0 Å². The second-order valence-corrected chi connectivity index (χ2v) is 7.25. The van der Waals surface area contributed by atoms with E-state index in [0.29, 0.717) is 23.2 Å². The van der Waals surface area contributed by atoms with E-state index in [2.05, 4.69) is 20.8 Å². The van der Waals surface area contributed by atoms with Crippen molar-refractivity contribution in [3.8, 4) is 0 Å². The zero-order valence-corrected chi connectivity index (χ0v) is 12.9. The summed E-state index contributed by atoms with van der Waals surface area (Å²) in [6.45, 7) is 6.95. The van der Waals surface area contributed by atoms with Gasteiger partial charge in [-0.05, 0) is 55.3 Å². The fourth-order valence-corrected chi connectivity index (χ4v) is 5.08. The molecule has 0 bridgehead atoms. The molecule has 6 atom stereocenters. The summed E-state index contributed by atoms with van der Waals surface area (Å²) in [5, 5.41) is 20.5. The van der Waals surface area contributed by atoms with Crippen molar-refractivity contribution >= 4 is 0 Å². The van der Waals surface area contributed by atoms with Gasteiger partial charge in [-0.15, -0.1) is 0 Å². The first-order valence-corrected chi connectivity index (χ1v) is 8.39. The van der Waals surface area contributed by atoms with Crippen molar-refractivity contribution in [2.24, 2.45) is 23.2 Å². The lowest BCUT2D eigenvalue weighted by molar-refractivity contribution is -0.123. The molecule has 19 heavy (non-hydrogen) atoms. The van der Waals surface area contributed by atoms with Crippen LogP contribution in [0, 0.1) is 23.2 Å². The first-order valence-electron chi connectivity index (χ1n) is 8.39. The van der Waals surface area contributed by atoms with Crippen LogP contribution >= 0.6 is 0 Å². The number of rotatable bonds is 4. The Morgan fingerprint density at radius 2 is 1.89 bits per heavy atom. The SMILES string of the molecule is CCCC[C@@H]1[C@@H](O)C[C@@H]2C[C@H](O)CC[C@]2(C)[C@H]1CC. The molecule has 0 aromatic carbocycles. The fraction of sp³-hybridized carbons (Fsp3) is 1.00. The molecule has 0 saturated heterocycles. The smallest absolute Gasteiger partial charge is 0.0574 e. The van der Waals surface area contributed by atoms with Gasteiger partial charge < -0.3 is 10.2 Å². The van der Waals surface area contributed by atoms with Crippen molar-refractivity contribution in [1.29, 1.82) is 0 Å². The van der Waals surface area contributed by atoms with Crippen molar-refractivity contribution in [2.75, 3.05) is 0 Å².